The number of aromatic nitrogens is 2. The quantitative estimate of drug-likeness (QED) is 0.824. The molecule has 0 spiro atoms. The molecule has 1 atom stereocenters. The molecule has 0 aliphatic rings. The highest BCUT2D eigenvalue weighted by Crippen LogP contribution is 2.24. The van der Waals surface area contributed by atoms with Crippen molar-refractivity contribution in [1.29, 1.82) is 0 Å². The van der Waals surface area contributed by atoms with Crippen molar-refractivity contribution in [3.63, 3.8) is 0 Å². The van der Waals surface area contributed by atoms with Gasteiger partial charge in [0.25, 0.3) is 0 Å². The molecule has 4 heteroatoms. The Bertz CT molecular complexity index is 371. The summed E-state index contributed by atoms with van der Waals surface area (Å²) < 4.78 is 1.93. The van der Waals surface area contributed by atoms with Crippen LogP contribution < -0.4 is 5.73 Å². The molecule has 1 aromatic rings. The van der Waals surface area contributed by atoms with E-state index >= 15 is 0 Å². The summed E-state index contributed by atoms with van der Waals surface area (Å²) in [6.07, 6.45) is 1.97. The summed E-state index contributed by atoms with van der Waals surface area (Å²) in [6, 6.07) is 0.276. The molecule has 0 saturated carbocycles. The summed E-state index contributed by atoms with van der Waals surface area (Å²) in [5.41, 5.74) is 8.54. The molecule has 0 aromatic carbocycles. The van der Waals surface area contributed by atoms with Crippen LogP contribution in [0.2, 0.25) is 0 Å². The maximum Gasteiger partial charge on any atom is 0.0540 e. The first kappa shape index (κ1) is 16.2. The summed E-state index contributed by atoms with van der Waals surface area (Å²) in [6.45, 7) is 14.0. The van der Waals surface area contributed by atoms with Gasteiger partial charge in [-0.3, -0.25) is 9.58 Å². The van der Waals surface area contributed by atoms with Gasteiger partial charge in [0.2, 0.25) is 0 Å². The molecule has 110 valence electrons. The lowest BCUT2D eigenvalue weighted by Gasteiger charge is -2.33. The zero-order chi connectivity index (χ0) is 14.6. The summed E-state index contributed by atoms with van der Waals surface area (Å²) in [5.74, 6) is 1.29. The standard InChI is InChI=1S/C15H30N4/c1-11(2)9-19(10-12(3)4)15(7-16)14-8-17-18(6)13(14)5/h8,11-12,15H,7,9-10,16H2,1-6H3. The number of hydrogen-bond acceptors (Lipinski definition) is 3. The Labute approximate surface area is 118 Å². The Morgan fingerprint density at radius 3 is 2.05 bits per heavy atom. The molecule has 1 rings (SSSR count). The van der Waals surface area contributed by atoms with Crippen molar-refractivity contribution >= 4 is 0 Å². The fraction of sp³-hybridized carbons (Fsp3) is 0.800. The minimum absolute atomic E-state index is 0.276. The van der Waals surface area contributed by atoms with E-state index in [1.165, 1.54) is 11.3 Å². The van der Waals surface area contributed by atoms with E-state index in [4.69, 9.17) is 5.73 Å². The number of hydrogen-bond donors (Lipinski definition) is 1. The van der Waals surface area contributed by atoms with Crippen LogP contribution in [0.15, 0.2) is 6.20 Å². The molecule has 1 unspecified atom stereocenters. The maximum atomic E-state index is 6.06. The second-order valence-corrected chi connectivity index (χ2v) is 6.30. The molecule has 0 radical (unpaired) electrons. The Balaban J connectivity index is 2.98. The molecule has 0 saturated heterocycles. The third kappa shape index (κ3) is 4.32. The highest BCUT2D eigenvalue weighted by Gasteiger charge is 2.23. The van der Waals surface area contributed by atoms with E-state index in [0.717, 1.165) is 13.1 Å². The molecular weight excluding hydrogens is 236 g/mol. The molecule has 0 bridgehead atoms. The van der Waals surface area contributed by atoms with Crippen molar-refractivity contribution in [3.8, 4) is 0 Å². The van der Waals surface area contributed by atoms with Crippen molar-refractivity contribution in [1.82, 2.24) is 14.7 Å². The van der Waals surface area contributed by atoms with E-state index in [0.29, 0.717) is 18.4 Å². The van der Waals surface area contributed by atoms with Crippen LogP contribution in [-0.4, -0.2) is 34.3 Å². The molecular formula is C15H30N4. The lowest BCUT2D eigenvalue weighted by atomic mass is 10.0. The van der Waals surface area contributed by atoms with Crippen molar-refractivity contribution < 1.29 is 0 Å². The third-order valence-corrected chi connectivity index (χ3v) is 3.50. The normalized spacial score (nSPS) is 13.8. The maximum absolute atomic E-state index is 6.06. The van der Waals surface area contributed by atoms with E-state index in [1.54, 1.807) is 0 Å². The first-order valence-corrected chi connectivity index (χ1v) is 7.29. The monoisotopic (exact) mass is 266 g/mol. The van der Waals surface area contributed by atoms with Crippen molar-refractivity contribution in [2.45, 2.75) is 40.7 Å². The summed E-state index contributed by atoms with van der Waals surface area (Å²) >= 11 is 0. The second kappa shape index (κ2) is 7.06. The van der Waals surface area contributed by atoms with Crippen LogP contribution in [0, 0.1) is 18.8 Å². The van der Waals surface area contributed by atoms with Crippen LogP contribution in [0.4, 0.5) is 0 Å². The molecule has 19 heavy (non-hydrogen) atoms. The Morgan fingerprint density at radius 2 is 1.74 bits per heavy atom. The van der Waals surface area contributed by atoms with Gasteiger partial charge in [-0.1, -0.05) is 27.7 Å². The number of nitrogens with zero attached hydrogens (tertiary/aromatic N) is 3. The van der Waals surface area contributed by atoms with Crippen LogP contribution in [0.3, 0.4) is 0 Å². The summed E-state index contributed by atoms with van der Waals surface area (Å²) in [7, 11) is 1.99. The molecule has 0 amide bonds. The molecule has 1 aromatic heterocycles. The van der Waals surface area contributed by atoms with Gasteiger partial charge in [0.15, 0.2) is 0 Å². The minimum atomic E-state index is 0.276. The molecule has 2 N–H and O–H groups in total. The lowest BCUT2D eigenvalue weighted by molar-refractivity contribution is 0.159. The number of nitrogens with two attached hydrogens (primary N) is 1. The smallest absolute Gasteiger partial charge is 0.0540 e. The largest absolute Gasteiger partial charge is 0.329 e. The van der Waals surface area contributed by atoms with Crippen LogP contribution in [0.5, 0.6) is 0 Å². The highest BCUT2D eigenvalue weighted by atomic mass is 15.3. The van der Waals surface area contributed by atoms with Crippen LogP contribution in [0.1, 0.15) is 45.0 Å². The fourth-order valence-corrected chi connectivity index (χ4v) is 2.58. The number of rotatable bonds is 7. The van der Waals surface area contributed by atoms with Gasteiger partial charge in [-0.05, 0) is 18.8 Å². The van der Waals surface area contributed by atoms with Gasteiger partial charge < -0.3 is 5.73 Å². The number of aryl methyl sites for hydroxylation is 1. The zero-order valence-electron chi connectivity index (χ0n) is 13.3. The Morgan fingerprint density at radius 1 is 1.21 bits per heavy atom. The Kier molecular flexibility index (Phi) is 6.01. The van der Waals surface area contributed by atoms with Crippen LogP contribution in [0.25, 0.3) is 0 Å². The zero-order valence-corrected chi connectivity index (χ0v) is 13.3. The predicted octanol–water partition coefficient (Wildman–Crippen LogP) is 2.34. The second-order valence-electron chi connectivity index (χ2n) is 6.30. The first-order chi connectivity index (χ1) is 8.86. The van der Waals surface area contributed by atoms with Crippen molar-refractivity contribution in [2.75, 3.05) is 19.6 Å². The van der Waals surface area contributed by atoms with Gasteiger partial charge in [-0.15, -0.1) is 0 Å². The summed E-state index contributed by atoms with van der Waals surface area (Å²) in [4.78, 5) is 2.51. The van der Waals surface area contributed by atoms with Gasteiger partial charge >= 0.3 is 0 Å². The average Bonchev–Trinajstić information content (AvgIpc) is 2.60. The molecule has 1 heterocycles. The third-order valence-electron chi connectivity index (χ3n) is 3.50. The van der Waals surface area contributed by atoms with Gasteiger partial charge in [0.05, 0.1) is 12.2 Å². The topological polar surface area (TPSA) is 47.1 Å². The fourth-order valence-electron chi connectivity index (χ4n) is 2.58. The predicted molar refractivity (Wildman–Crippen MR) is 81.0 cm³/mol. The van der Waals surface area contributed by atoms with Gasteiger partial charge in [0.1, 0.15) is 0 Å². The van der Waals surface area contributed by atoms with E-state index in [2.05, 4.69) is 44.6 Å². The van der Waals surface area contributed by atoms with E-state index in [9.17, 15) is 0 Å². The van der Waals surface area contributed by atoms with E-state index < -0.39 is 0 Å². The highest BCUT2D eigenvalue weighted by molar-refractivity contribution is 5.21. The minimum Gasteiger partial charge on any atom is -0.329 e. The molecule has 0 aliphatic heterocycles. The molecule has 4 nitrogen and oxygen atoms in total. The van der Waals surface area contributed by atoms with Gasteiger partial charge in [-0.25, -0.2) is 0 Å². The average molecular weight is 266 g/mol. The summed E-state index contributed by atoms with van der Waals surface area (Å²) in [5, 5.41) is 4.36. The van der Waals surface area contributed by atoms with Gasteiger partial charge in [0, 0.05) is 37.9 Å². The molecule has 0 fully saturated rings. The Hall–Kier alpha value is -0.870. The van der Waals surface area contributed by atoms with Gasteiger partial charge in [-0.2, -0.15) is 5.10 Å². The van der Waals surface area contributed by atoms with Crippen molar-refractivity contribution in [2.24, 2.45) is 24.6 Å². The van der Waals surface area contributed by atoms with Crippen molar-refractivity contribution in [3.05, 3.63) is 17.5 Å². The lowest BCUT2D eigenvalue weighted by Crippen LogP contribution is -2.38. The van der Waals surface area contributed by atoms with Crippen LogP contribution in [-0.2, 0) is 7.05 Å². The van der Waals surface area contributed by atoms with Crippen LogP contribution >= 0.6 is 0 Å². The molecule has 0 aliphatic carbocycles. The van der Waals surface area contributed by atoms with E-state index in [1.807, 2.05) is 17.9 Å². The SMILES string of the molecule is Cc1c(C(CN)N(CC(C)C)CC(C)C)cnn1C. The van der Waals surface area contributed by atoms with E-state index in [-0.39, 0.29) is 6.04 Å². The first-order valence-electron chi connectivity index (χ1n) is 7.29.